The van der Waals surface area contributed by atoms with Gasteiger partial charge in [-0.2, -0.15) is 0 Å². The summed E-state index contributed by atoms with van der Waals surface area (Å²) in [5, 5.41) is 2.89. The number of aryl methyl sites for hydroxylation is 2. The molecular weight excluding hydrogens is 526 g/mol. The fourth-order valence-corrected chi connectivity index (χ4v) is 5.45. The van der Waals surface area contributed by atoms with Crippen molar-refractivity contribution in [3.05, 3.63) is 89.5 Å². The molecule has 9 heteroatoms. The molecule has 0 unspecified atom stereocenters. The van der Waals surface area contributed by atoms with E-state index in [1.807, 2.05) is 52.0 Å². The number of amides is 2. The monoisotopic (exact) mass is 565 g/mol. The molecule has 0 spiro atoms. The number of hydrogen-bond acceptors (Lipinski definition) is 5. The number of nitrogens with zero attached hydrogens (tertiary/aromatic N) is 2. The van der Waals surface area contributed by atoms with Crippen LogP contribution in [0.5, 0.6) is 5.75 Å². The number of carbonyl (C=O) groups is 2. The average molecular weight is 566 g/mol. The van der Waals surface area contributed by atoms with Crippen LogP contribution in [0.4, 0.5) is 5.69 Å². The molecule has 3 rings (SSSR count). The predicted molar refractivity (Wildman–Crippen MR) is 158 cm³/mol. The van der Waals surface area contributed by atoms with Gasteiger partial charge in [0.2, 0.25) is 11.8 Å². The maximum absolute atomic E-state index is 14.0. The summed E-state index contributed by atoms with van der Waals surface area (Å²) >= 11 is 0. The lowest BCUT2D eigenvalue weighted by Gasteiger charge is -2.32. The van der Waals surface area contributed by atoms with Crippen LogP contribution in [-0.4, -0.2) is 51.4 Å². The number of benzene rings is 3. The van der Waals surface area contributed by atoms with Crippen LogP contribution in [0.25, 0.3) is 0 Å². The fraction of sp³-hybridized carbons (Fsp3) is 0.355. The fourth-order valence-electron chi connectivity index (χ4n) is 4.04. The van der Waals surface area contributed by atoms with Gasteiger partial charge in [-0.05, 0) is 68.7 Å². The van der Waals surface area contributed by atoms with Crippen molar-refractivity contribution in [2.45, 2.75) is 52.1 Å². The van der Waals surface area contributed by atoms with Gasteiger partial charge >= 0.3 is 0 Å². The molecule has 0 saturated carbocycles. The summed E-state index contributed by atoms with van der Waals surface area (Å²) in [4.78, 5) is 28.5. The van der Waals surface area contributed by atoms with Gasteiger partial charge in [0.05, 0.1) is 17.7 Å². The maximum atomic E-state index is 14.0. The topological polar surface area (TPSA) is 96.0 Å². The van der Waals surface area contributed by atoms with Gasteiger partial charge < -0.3 is 15.0 Å². The maximum Gasteiger partial charge on any atom is 0.264 e. The molecule has 40 heavy (non-hydrogen) atoms. The van der Waals surface area contributed by atoms with Crippen LogP contribution in [0.15, 0.2) is 77.7 Å². The first-order valence-electron chi connectivity index (χ1n) is 13.3. The van der Waals surface area contributed by atoms with Crippen LogP contribution < -0.4 is 14.4 Å². The van der Waals surface area contributed by atoms with Gasteiger partial charge in [-0.25, -0.2) is 8.42 Å². The minimum absolute atomic E-state index is 0.0644. The van der Waals surface area contributed by atoms with E-state index in [4.69, 9.17) is 4.74 Å². The highest BCUT2D eigenvalue weighted by Crippen LogP contribution is 2.27. The molecule has 8 nitrogen and oxygen atoms in total. The first-order valence-corrected chi connectivity index (χ1v) is 14.7. The van der Waals surface area contributed by atoms with Gasteiger partial charge in [-0.1, -0.05) is 61.4 Å². The summed E-state index contributed by atoms with van der Waals surface area (Å²) in [6, 6.07) is 19.8. The van der Waals surface area contributed by atoms with Crippen molar-refractivity contribution >= 4 is 27.5 Å². The van der Waals surface area contributed by atoms with Gasteiger partial charge in [0, 0.05) is 13.1 Å². The predicted octanol–water partition coefficient (Wildman–Crippen LogP) is 4.70. The standard InChI is InChI=1S/C31H39N3O5S/c1-22(2)19-32-31(36)25(5)33(20-26-11-7-23(3)8-12-26)30(35)21-34(27-13-15-28(39-6)16-14-27)40(37,38)29-17-9-24(4)10-18-29/h7-18,22,25H,19-21H2,1-6H3,(H,32,36)/t25-/m0/s1. The van der Waals surface area contributed by atoms with E-state index in [0.29, 0.717) is 18.0 Å². The Morgan fingerprint density at radius 2 is 1.40 bits per heavy atom. The Labute approximate surface area is 238 Å². The molecule has 0 bridgehead atoms. The second-order valence-electron chi connectivity index (χ2n) is 10.3. The molecule has 0 radical (unpaired) electrons. The summed E-state index contributed by atoms with van der Waals surface area (Å²) in [5.74, 6) is -0.00681. The second kappa shape index (κ2) is 13.5. The SMILES string of the molecule is COc1ccc(N(CC(=O)N(Cc2ccc(C)cc2)[C@@H](C)C(=O)NCC(C)C)S(=O)(=O)c2ccc(C)cc2)cc1. The highest BCUT2D eigenvalue weighted by molar-refractivity contribution is 7.92. The van der Waals surface area contributed by atoms with E-state index in [-0.39, 0.29) is 23.3 Å². The van der Waals surface area contributed by atoms with Crippen LogP contribution in [-0.2, 0) is 26.2 Å². The molecule has 0 fully saturated rings. The largest absolute Gasteiger partial charge is 0.497 e. The van der Waals surface area contributed by atoms with E-state index in [0.717, 1.165) is 21.0 Å². The summed E-state index contributed by atoms with van der Waals surface area (Å²) in [7, 11) is -2.60. The molecular formula is C31H39N3O5S. The molecule has 0 saturated heterocycles. The summed E-state index contributed by atoms with van der Waals surface area (Å²) in [5.41, 5.74) is 3.12. The van der Waals surface area contributed by atoms with E-state index in [1.54, 1.807) is 43.3 Å². The molecule has 0 aliphatic heterocycles. The van der Waals surface area contributed by atoms with Crippen molar-refractivity contribution in [2.75, 3.05) is 24.5 Å². The lowest BCUT2D eigenvalue weighted by Crippen LogP contribution is -2.51. The zero-order chi connectivity index (χ0) is 29.4. The normalized spacial score (nSPS) is 12.1. The van der Waals surface area contributed by atoms with Crippen LogP contribution >= 0.6 is 0 Å². The van der Waals surface area contributed by atoms with Crippen molar-refractivity contribution in [1.29, 1.82) is 0 Å². The van der Waals surface area contributed by atoms with Crippen molar-refractivity contribution < 1.29 is 22.7 Å². The first kappa shape index (κ1) is 30.7. The Morgan fingerprint density at radius 1 is 0.850 bits per heavy atom. The Kier molecular flexibility index (Phi) is 10.3. The Morgan fingerprint density at radius 3 is 1.93 bits per heavy atom. The molecule has 3 aromatic rings. The van der Waals surface area contributed by atoms with Crippen molar-refractivity contribution in [2.24, 2.45) is 5.92 Å². The van der Waals surface area contributed by atoms with Gasteiger partial charge in [0.1, 0.15) is 18.3 Å². The minimum Gasteiger partial charge on any atom is -0.497 e. The zero-order valence-corrected chi connectivity index (χ0v) is 24.9. The summed E-state index contributed by atoms with van der Waals surface area (Å²) in [6.07, 6.45) is 0. The number of anilines is 1. The highest BCUT2D eigenvalue weighted by Gasteiger charge is 2.32. The van der Waals surface area contributed by atoms with E-state index in [2.05, 4.69) is 5.32 Å². The molecule has 0 aromatic heterocycles. The van der Waals surface area contributed by atoms with E-state index < -0.39 is 28.5 Å². The summed E-state index contributed by atoms with van der Waals surface area (Å²) in [6.45, 7) is 9.61. The smallest absolute Gasteiger partial charge is 0.264 e. The molecule has 3 aromatic carbocycles. The van der Waals surface area contributed by atoms with E-state index >= 15 is 0 Å². The summed E-state index contributed by atoms with van der Waals surface area (Å²) < 4.78 is 34.1. The Bertz CT molecular complexity index is 1390. The lowest BCUT2D eigenvalue weighted by atomic mass is 10.1. The van der Waals surface area contributed by atoms with Crippen molar-refractivity contribution in [3.8, 4) is 5.75 Å². The first-order chi connectivity index (χ1) is 18.9. The number of nitrogens with one attached hydrogen (secondary N) is 1. The Balaban J connectivity index is 2.01. The number of sulfonamides is 1. The Hall–Kier alpha value is -3.85. The third-order valence-electron chi connectivity index (χ3n) is 6.57. The van der Waals surface area contributed by atoms with Crippen LogP contribution in [0.3, 0.4) is 0 Å². The van der Waals surface area contributed by atoms with Gasteiger partial charge in [-0.15, -0.1) is 0 Å². The zero-order valence-electron chi connectivity index (χ0n) is 24.0. The molecule has 1 N–H and O–H groups in total. The number of carbonyl (C=O) groups excluding carboxylic acids is 2. The lowest BCUT2D eigenvalue weighted by molar-refractivity contribution is -0.139. The van der Waals surface area contributed by atoms with Crippen molar-refractivity contribution in [3.63, 3.8) is 0 Å². The third-order valence-corrected chi connectivity index (χ3v) is 8.36. The average Bonchev–Trinajstić information content (AvgIpc) is 2.94. The molecule has 0 aliphatic rings. The number of methoxy groups -OCH3 is 1. The number of ether oxygens (including phenoxy) is 1. The molecule has 0 aliphatic carbocycles. The van der Waals surface area contributed by atoms with Crippen LogP contribution in [0.1, 0.15) is 37.5 Å². The quantitative estimate of drug-likeness (QED) is 0.344. The number of hydrogen-bond donors (Lipinski definition) is 1. The second-order valence-corrected chi connectivity index (χ2v) is 12.2. The van der Waals surface area contributed by atoms with Crippen molar-refractivity contribution in [1.82, 2.24) is 10.2 Å². The molecule has 0 heterocycles. The van der Waals surface area contributed by atoms with Gasteiger partial charge in [0.25, 0.3) is 10.0 Å². The molecule has 1 atom stereocenters. The van der Waals surface area contributed by atoms with E-state index in [1.165, 1.54) is 24.1 Å². The number of rotatable bonds is 12. The molecule has 214 valence electrons. The van der Waals surface area contributed by atoms with Gasteiger partial charge in [0.15, 0.2) is 0 Å². The molecule has 2 amide bonds. The van der Waals surface area contributed by atoms with Gasteiger partial charge in [-0.3, -0.25) is 13.9 Å². The third kappa shape index (κ3) is 7.85. The van der Waals surface area contributed by atoms with Crippen LogP contribution in [0, 0.1) is 19.8 Å². The highest BCUT2D eigenvalue weighted by atomic mass is 32.2. The van der Waals surface area contributed by atoms with E-state index in [9.17, 15) is 18.0 Å². The van der Waals surface area contributed by atoms with Crippen LogP contribution in [0.2, 0.25) is 0 Å². The minimum atomic E-state index is -4.12.